The van der Waals surface area contributed by atoms with Gasteiger partial charge < -0.3 is 5.11 Å². The van der Waals surface area contributed by atoms with Crippen molar-refractivity contribution in [3.05, 3.63) is 59.7 Å². The molecule has 0 spiro atoms. The lowest BCUT2D eigenvalue weighted by Crippen LogP contribution is -2.42. The zero-order chi connectivity index (χ0) is 18.0. The van der Waals surface area contributed by atoms with Gasteiger partial charge in [0.2, 0.25) is 10.0 Å². The van der Waals surface area contributed by atoms with Crippen LogP contribution in [0.1, 0.15) is 18.1 Å². The minimum absolute atomic E-state index is 0.0308. The Morgan fingerprint density at radius 2 is 1.96 bits per heavy atom. The molecule has 3 rings (SSSR count). The minimum Gasteiger partial charge on any atom is -0.392 e. The number of benzene rings is 2. The molecule has 1 heterocycles. The van der Waals surface area contributed by atoms with E-state index in [9.17, 15) is 13.5 Å². The molecule has 0 amide bonds. The van der Waals surface area contributed by atoms with Crippen LogP contribution >= 0.6 is 0 Å². The summed E-state index contributed by atoms with van der Waals surface area (Å²) < 4.78 is 23.1. The number of hydrazine groups is 1. The Hall–Kier alpha value is -2.42. The Balaban J connectivity index is 1.94. The van der Waals surface area contributed by atoms with Gasteiger partial charge in [0.15, 0.2) is 0 Å². The first-order valence-electron chi connectivity index (χ1n) is 7.79. The highest BCUT2D eigenvalue weighted by atomic mass is 32.2. The van der Waals surface area contributed by atoms with Crippen LogP contribution in [0.25, 0.3) is 0 Å². The van der Waals surface area contributed by atoms with E-state index in [-0.39, 0.29) is 17.7 Å². The van der Waals surface area contributed by atoms with Crippen LogP contribution in [0.4, 0.5) is 5.69 Å². The van der Waals surface area contributed by atoms with Crippen molar-refractivity contribution in [1.82, 2.24) is 5.43 Å². The quantitative estimate of drug-likeness (QED) is 0.741. The highest BCUT2D eigenvalue weighted by Gasteiger charge is 2.27. The Labute approximate surface area is 146 Å². The van der Waals surface area contributed by atoms with Crippen molar-refractivity contribution in [3.63, 3.8) is 0 Å². The van der Waals surface area contributed by atoms with Crippen molar-refractivity contribution in [2.75, 3.05) is 5.01 Å². The topological polar surface area (TPSA) is 108 Å². The fraction of sp³-hybridized carbons (Fsp3) is 0.235. The van der Waals surface area contributed by atoms with Gasteiger partial charge in [-0.25, -0.2) is 18.5 Å². The second-order valence-electron chi connectivity index (χ2n) is 5.86. The molecule has 1 aliphatic heterocycles. The molecule has 0 saturated carbocycles. The molecule has 0 bridgehead atoms. The third kappa shape index (κ3) is 3.81. The normalized spacial score (nSPS) is 17.3. The van der Waals surface area contributed by atoms with Crippen molar-refractivity contribution in [2.24, 2.45) is 10.1 Å². The van der Waals surface area contributed by atoms with Gasteiger partial charge in [0, 0.05) is 12.0 Å². The van der Waals surface area contributed by atoms with E-state index in [0.717, 1.165) is 11.4 Å². The number of aliphatic hydroxyl groups is 1. The number of sulfonamides is 1. The van der Waals surface area contributed by atoms with Crippen molar-refractivity contribution in [1.29, 1.82) is 0 Å². The van der Waals surface area contributed by atoms with Crippen LogP contribution < -0.4 is 15.6 Å². The maximum atomic E-state index is 11.5. The Morgan fingerprint density at radius 1 is 1.24 bits per heavy atom. The molecule has 1 aliphatic rings. The molecule has 4 N–H and O–H groups in total. The minimum atomic E-state index is -3.83. The lowest BCUT2D eigenvalue weighted by molar-refractivity contribution is 0.281. The number of nitrogens with one attached hydrogen (secondary N) is 1. The summed E-state index contributed by atoms with van der Waals surface area (Å²) in [4.78, 5) is 4.56. The first-order chi connectivity index (χ1) is 11.9. The number of aliphatic hydroxyl groups excluding tert-OH is 1. The van der Waals surface area contributed by atoms with E-state index in [4.69, 9.17) is 5.14 Å². The average Bonchev–Trinajstić information content (AvgIpc) is 2.94. The third-order valence-corrected chi connectivity index (χ3v) is 4.90. The van der Waals surface area contributed by atoms with Crippen LogP contribution in [0.5, 0.6) is 0 Å². The first kappa shape index (κ1) is 17.4. The fourth-order valence-electron chi connectivity index (χ4n) is 2.84. The van der Waals surface area contributed by atoms with E-state index >= 15 is 0 Å². The van der Waals surface area contributed by atoms with Crippen LogP contribution in [0.2, 0.25) is 0 Å². The number of rotatable bonds is 5. The van der Waals surface area contributed by atoms with Gasteiger partial charge in [-0.3, -0.25) is 10.4 Å². The maximum Gasteiger partial charge on any atom is 0.238 e. The molecule has 0 fully saturated rings. The molecule has 25 heavy (non-hydrogen) atoms. The smallest absolute Gasteiger partial charge is 0.238 e. The van der Waals surface area contributed by atoms with Gasteiger partial charge in [-0.15, -0.1) is 0 Å². The van der Waals surface area contributed by atoms with Crippen molar-refractivity contribution >= 4 is 21.5 Å². The van der Waals surface area contributed by atoms with Crippen LogP contribution in [-0.4, -0.2) is 25.5 Å². The molecular weight excluding hydrogens is 340 g/mol. The Morgan fingerprint density at radius 3 is 2.60 bits per heavy atom. The standard InChI is InChI=1S/C17H20N4O3S/c1-12-19-17(9-13-5-3-2-4-6-13)21(20-12)16-8-7-15(25(18,23)24)10-14(16)11-22/h2-8,10,17,22H,9,11H2,1H3,(H,19,20)(H2,18,23,24). The van der Waals surface area contributed by atoms with Crippen molar-refractivity contribution in [2.45, 2.75) is 31.0 Å². The van der Waals surface area contributed by atoms with Gasteiger partial charge in [-0.1, -0.05) is 30.3 Å². The molecular formula is C17H20N4O3S. The molecule has 1 atom stereocenters. The average molecular weight is 360 g/mol. The van der Waals surface area contributed by atoms with Crippen molar-refractivity contribution in [3.8, 4) is 0 Å². The summed E-state index contributed by atoms with van der Waals surface area (Å²) in [6, 6.07) is 14.4. The molecule has 7 nitrogen and oxygen atoms in total. The van der Waals surface area contributed by atoms with Crippen LogP contribution in [0, 0.1) is 0 Å². The number of nitrogens with two attached hydrogens (primary N) is 1. The molecule has 2 aromatic rings. The number of hydrogen-bond acceptors (Lipinski definition) is 6. The lowest BCUT2D eigenvalue weighted by Gasteiger charge is -2.27. The zero-order valence-corrected chi connectivity index (χ0v) is 14.6. The number of primary sulfonamides is 1. The van der Waals surface area contributed by atoms with E-state index in [1.165, 1.54) is 12.1 Å². The van der Waals surface area contributed by atoms with Gasteiger partial charge in [-0.05, 0) is 30.7 Å². The zero-order valence-electron chi connectivity index (χ0n) is 13.8. The number of hydrogen-bond donors (Lipinski definition) is 3. The van der Waals surface area contributed by atoms with Gasteiger partial charge in [0.25, 0.3) is 0 Å². The summed E-state index contributed by atoms with van der Waals surface area (Å²) in [6.07, 6.45) is 0.473. The van der Waals surface area contributed by atoms with E-state index in [0.29, 0.717) is 17.7 Å². The molecule has 1 unspecified atom stereocenters. The predicted octanol–water partition coefficient (Wildman–Crippen LogP) is 1.14. The number of nitrogens with zero attached hydrogens (tertiary/aromatic N) is 2. The first-order valence-corrected chi connectivity index (χ1v) is 9.34. The third-order valence-electron chi connectivity index (χ3n) is 3.99. The summed E-state index contributed by atoms with van der Waals surface area (Å²) in [5.74, 6) is 0.750. The predicted molar refractivity (Wildman–Crippen MR) is 96.4 cm³/mol. The van der Waals surface area contributed by atoms with E-state index < -0.39 is 10.0 Å². The summed E-state index contributed by atoms with van der Waals surface area (Å²) >= 11 is 0. The van der Waals surface area contributed by atoms with Crippen LogP contribution in [-0.2, 0) is 23.1 Å². The molecule has 132 valence electrons. The number of amidine groups is 1. The molecule has 2 aromatic carbocycles. The van der Waals surface area contributed by atoms with Gasteiger partial charge in [0.1, 0.15) is 12.0 Å². The number of aliphatic imine (C=N–C) groups is 1. The Bertz CT molecular complexity index is 897. The van der Waals surface area contributed by atoms with Crippen LogP contribution in [0.15, 0.2) is 58.4 Å². The van der Waals surface area contributed by atoms with E-state index in [2.05, 4.69) is 10.4 Å². The number of anilines is 1. The highest BCUT2D eigenvalue weighted by Crippen LogP contribution is 2.27. The SMILES string of the molecule is CC1=NC(Cc2ccccc2)N(c2ccc(S(N)(=O)=O)cc2CO)N1. The molecule has 8 heteroatoms. The van der Waals surface area contributed by atoms with Crippen molar-refractivity contribution < 1.29 is 13.5 Å². The van der Waals surface area contributed by atoms with Gasteiger partial charge in [0.05, 0.1) is 17.2 Å². The van der Waals surface area contributed by atoms with Crippen LogP contribution in [0.3, 0.4) is 0 Å². The maximum absolute atomic E-state index is 11.5. The second-order valence-corrected chi connectivity index (χ2v) is 7.42. The second kappa shape index (κ2) is 6.83. The van der Waals surface area contributed by atoms with Gasteiger partial charge in [-0.2, -0.15) is 0 Å². The summed E-state index contributed by atoms with van der Waals surface area (Å²) in [7, 11) is -3.83. The highest BCUT2D eigenvalue weighted by molar-refractivity contribution is 7.89. The van der Waals surface area contributed by atoms with E-state index in [1.54, 1.807) is 6.07 Å². The fourth-order valence-corrected chi connectivity index (χ4v) is 3.41. The Kier molecular flexibility index (Phi) is 4.76. The summed E-state index contributed by atoms with van der Waals surface area (Å²) in [6.45, 7) is 1.54. The summed E-state index contributed by atoms with van der Waals surface area (Å²) in [5.41, 5.74) is 5.42. The van der Waals surface area contributed by atoms with E-state index in [1.807, 2.05) is 42.3 Å². The largest absolute Gasteiger partial charge is 0.392 e. The molecule has 0 aromatic heterocycles. The monoisotopic (exact) mass is 360 g/mol. The summed E-state index contributed by atoms with van der Waals surface area (Å²) in [5, 5.41) is 16.7. The molecule has 0 aliphatic carbocycles. The van der Waals surface area contributed by atoms with Gasteiger partial charge >= 0.3 is 0 Å². The molecule has 0 saturated heterocycles. The lowest BCUT2D eigenvalue weighted by atomic mass is 10.1. The molecule has 0 radical (unpaired) electrons.